The molecular formula is C14H34N2O8. The van der Waals surface area contributed by atoms with Crippen LogP contribution in [0.3, 0.4) is 0 Å². The number of aliphatic hydroxyl groups excluding tert-OH is 8. The molecule has 0 aliphatic carbocycles. The maximum absolute atomic E-state index is 9.55. The number of hydrogen-bond acceptors (Lipinski definition) is 10. The summed E-state index contributed by atoms with van der Waals surface area (Å²) in [5.41, 5.74) is 0. The molecule has 8 N–H and O–H groups in total. The van der Waals surface area contributed by atoms with E-state index in [1.807, 2.05) is 0 Å². The first-order valence-electron chi connectivity index (χ1n) is 7.46. The van der Waals surface area contributed by atoms with E-state index in [1.54, 1.807) is 0 Å². The third-order valence-corrected chi connectivity index (χ3v) is 3.12. The molecule has 24 heavy (non-hydrogen) atoms. The Morgan fingerprint density at radius 3 is 0.875 bits per heavy atom. The highest BCUT2D eigenvalue weighted by Gasteiger charge is 2.21. The van der Waals surface area contributed by atoms with Crippen LogP contribution in [0.4, 0.5) is 0 Å². The zero-order chi connectivity index (χ0) is 17.8. The van der Waals surface area contributed by atoms with Crippen molar-refractivity contribution in [2.45, 2.75) is 31.8 Å². The molecule has 0 saturated carbocycles. The lowest BCUT2D eigenvalue weighted by atomic mass is 10.2. The van der Waals surface area contributed by atoms with Crippen LogP contribution < -0.4 is 0 Å². The molecule has 0 spiro atoms. The highest BCUT2D eigenvalue weighted by atomic mass is 16.3. The minimum Gasteiger partial charge on any atom is -0.394 e. The number of aliphatic hydroxyl groups is 8. The maximum Gasteiger partial charge on any atom is 0.0897 e. The van der Waals surface area contributed by atoms with Crippen molar-refractivity contribution in [2.24, 2.45) is 0 Å². The second kappa shape index (κ2) is 14.9. The third-order valence-electron chi connectivity index (χ3n) is 3.12. The first-order chi connectivity index (χ1) is 10.9. The lowest BCUT2D eigenvalue weighted by Gasteiger charge is -2.34. The molecule has 0 aromatic rings. The van der Waals surface area contributed by atoms with Gasteiger partial charge in [0, 0.05) is 26.2 Å². The normalized spacial score (nSPS) is 16.8. The molecule has 4 unspecified atom stereocenters. The van der Waals surface area contributed by atoms with Crippen LogP contribution in [-0.2, 0) is 0 Å². The monoisotopic (exact) mass is 358 g/mol. The second-order valence-corrected chi connectivity index (χ2v) is 5.56. The van der Waals surface area contributed by atoms with Crippen LogP contribution in [0.25, 0.3) is 0 Å². The van der Waals surface area contributed by atoms with Gasteiger partial charge in [0.15, 0.2) is 0 Å². The van der Waals surface area contributed by atoms with Gasteiger partial charge in [-0.05, 0) is 0 Å². The van der Waals surface area contributed by atoms with Crippen molar-refractivity contribution in [2.75, 3.05) is 59.3 Å². The minimum atomic E-state index is -1.06. The van der Waals surface area contributed by atoms with E-state index in [0.717, 1.165) is 0 Å². The van der Waals surface area contributed by atoms with E-state index in [9.17, 15) is 20.4 Å². The fraction of sp³-hybridized carbons (Fsp3) is 1.00. The Labute approximate surface area is 142 Å². The molecule has 0 aliphatic heterocycles. The van der Waals surface area contributed by atoms with Gasteiger partial charge in [-0.3, -0.25) is 9.80 Å². The standard InChI is InChI=1S/C13H30N2O8.CH4/c16-5-10(20)1-14(2-11(21)6-17)9-15(3-12(22)7-18)4-13(23)8-19;/h10-13,16-23H,1-9H2;1H4. The molecule has 0 aliphatic rings. The highest BCUT2D eigenvalue weighted by Crippen LogP contribution is 2.03. The van der Waals surface area contributed by atoms with Gasteiger partial charge in [0.25, 0.3) is 0 Å². The second-order valence-electron chi connectivity index (χ2n) is 5.56. The first kappa shape index (κ1) is 25.8. The Morgan fingerprint density at radius 2 is 0.708 bits per heavy atom. The summed E-state index contributed by atoms with van der Waals surface area (Å²) >= 11 is 0. The number of hydrogen-bond donors (Lipinski definition) is 8. The number of rotatable bonds is 14. The predicted octanol–water partition coefficient (Wildman–Crippen LogP) is -4.40. The molecule has 0 rings (SSSR count). The molecule has 4 atom stereocenters. The summed E-state index contributed by atoms with van der Waals surface area (Å²) in [5, 5.41) is 73.9. The van der Waals surface area contributed by atoms with Crippen LogP contribution in [0.1, 0.15) is 7.43 Å². The van der Waals surface area contributed by atoms with Crippen molar-refractivity contribution in [3.05, 3.63) is 0 Å². The van der Waals surface area contributed by atoms with Crippen LogP contribution in [0.15, 0.2) is 0 Å². The van der Waals surface area contributed by atoms with Crippen LogP contribution in [0, 0.1) is 0 Å². The summed E-state index contributed by atoms with van der Waals surface area (Å²) in [6, 6.07) is 0. The van der Waals surface area contributed by atoms with E-state index in [2.05, 4.69) is 0 Å². The Balaban J connectivity index is 0. The van der Waals surface area contributed by atoms with E-state index >= 15 is 0 Å². The van der Waals surface area contributed by atoms with E-state index in [0.29, 0.717) is 0 Å². The quantitative estimate of drug-likeness (QED) is 0.142. The summed E-state index contributed by atoms with van der Waals surface area (Å²) in [6.45, 7) is -1.88. The van der Waals surface area contributed by atoms with Gasteiger partial charge >= 0.3 is 0 Å². The number of nitrogens with zero attached hydrogens (tertiary/aromatic N) is 2. The van der Waals surface area contributed by atoms with Crippen molar-refractivity contribution in [3.63, 3.8) is 0 Å². The summed E-state index contributed by atoms with van der Waals surface area (Å²) in [4.78, 5) is 3.05. The molecule has 10 heteroatoms. The lowest BCUT2D eigenvalue weighted by molar-refractivity contribution is -0.0269. The molecule has 0 bridgehead atoms. The smallest absolute Gasteiger partial charge is 0.0897 e. The molecule has 0 aromatic heterocycles. The van der Waals surface area contributed by atoms with E-state index < -0.39 is 50.8 Å². The van der Waals surface area contributed by atoms with Gasteiger partial charge in [-0.25, -0.2) is 0 Å². The third kappa shape index (κ3) is 12.0. The molecule has 0 aromatic carbocycles. The molecule has 0 fully saturated rings. The minimum absolute atomic E-state index is 0. The van der Waals surface area contributed by atoms with Gasteiger partial charge in [0.1, 0.15) is 0 Å². The summed E-state index contributed by atoms with van der Waals surface area (Å²) in [6.07, 6.45) is -4.25. The average Bonchev–Trinajstić information content (AvgIpc) is 2.53. The molecular weight excluding hydrogens is 324 g/mol. The fourth-order valence-corrected chi connectivity index (χ4v) is 2.09. The van der Waals surface area contributed by atoms with Gasteiger partial charge in [-0.2, -0.15) is 0 Å². The lowest BCUT2D eigenvalue weighted by Crippen LogP contribution is -2.50. The summed E-state index contributed by atoms with van der Waals surface area (Å²) in [5.74, 6) is 0. The SMILES string of the molecule is C.OCC(O)CN(CC(O)CO)CN(CC(O)CO)CC(O)CO. The van der Waals surface area contributed by atoms with Crippen molar-refractivity contribution >= 4 is 0 Å². The Hall–Kier alpha value is -0.400. The fourth-order valence-electron chi connectivity index (χ4n) is 2.09. The Kier molecular flexibility index (Phi) is 16.0. The molecule has 0 saturated heterocycles. The van der Waals surface area contributed by atoms with Gasteiger partial charge < -0.3 is 40.9 Å². The largest absolute Gasteiger partial charge is 0.394 e. The van der Waals surface area contributed by atoms with E-state index in [1.165, 1.54) is 9.80 Å². The van der Waals surface area contributed by atoms with Gasteiger partial charge in [0.05, 0.1) is 57.5 Å². The zero-order valence-electron chi connectivity index (χ0n) is 13.1. The topological polar surface area (TPSA) is 168 Å². The highest BCUT2D eigenvalue weighted by molar-refractivity contribution is 4.73. The van der Waals surface area contributed by atoms with Crippen molar-refractivity contribution in [3.8, 4) is 0 Å². The molecule has 0 radical (unpaired) electrons. The predicted molar refractivity (Wildman–Crippen MR) is 87.1 cm³/mol. The van der Waals surface area contributed by atoms with Crippen LogP contribution in [-0.4, -0.2) is 134 Å². The molecule has 10 nitrogen and oxygen atoms in total. The zero-order valence-corrected chi connectivity index (χ0v) is 13.1. The van der Waals surface area contributed by atoms with Gasteiger partial charge in [-0.1, -0.05) is 7.43 Å². The van der Waals surface area contributed by atoms with E-state index in [-0.39, 0.29) is 40.3 Å². The average molecular weight is 358 g/mol. The summed E-state index contributed by atoms with van der Waals surface area (Å²) < 4.78 is 0. The molecule has 0 amide bonds. The van der Waals surface area contributed by atoms with E-state index in [4.69, 9.17) is 20.4 Å². The van der Waals surface area contributed by atoms with Gasteiger partial charge in [-0.15, -0.1) is 0 Å². The van der Waals surface area contributed by atoms with Crippen molar-refractivity contribution in [1.82, 2.24) is 9.80 Å². The Morgan fingerprint density at radius 1 is 0.500 bits per heavy atom. The van der Waals surface area contributed by atoms with Crippen molar-refractivity contribution < 1.29 is 40.9 Å². The maximum atomic E-state index is 9.55. The molecule has 0 heterocycles. The van der Waals surface area contributed by atoms with Crippen LogP contribution >= 0.6 is 0 Å². The van der Waals surface area contributed by atoms with Crippen LogP contribution in [0.2, 0.25) is 0 Å². The first-order valence-corrected chi connectivity index (χ1v) is 7.46. The molecule has 148 valence electrons. The van der Waals surface area contributed by atoms with Gasteiger partial charge in [0.2, 0.25) is 0 Å². The van der Waals surface area contributed by atoms with Crippen LogP contribution in [0.5, 0.6) is 0 Å². The van der Waals surface area contributed by atoms with Crippen molar-refractivity contribution in [1.29, 1.82) is 0 Å². The summed E-state index contributed by atoms with van der Waals surface area (Å²) in [7, 11) is 0. The Bertz CT molecular complexity index is 238.